The molecule has 0 atom stereocenters. The van der Waals surface area contributed by atoms with E-state index in [0.717, 1.165) is 49.3 Å². The molecule has 2 aliphatic rings. The molecule has 20 heavy (non-hydrogen) atoms. The highest BCUT2D eigenvalue weighted by atomic mass is 32.1. The Bertz CT molecular complexity index is 468. The molecular formula is C12H19N5O2S. The van der Waals surface area contributed by atoms with Crippen LogP contribution in [0.3, 0.4) is 0 Å². The van der Waals surface area contributed by atoms with Gasteiger partial charge in [0, 0.05) is 32.3 Å². The number of hydrogen-bond acceptors (Lipinski definition) is 6. The van der Waals surface area contributed by atoms with Crippen molar-refractivity contribution in [2.24, 2.45) is 0 Å². The third kappa shape index (κ3) is 3.18. The second kappa shape index (κ2) is 5.92. The SMILES string of the molecule is Cc1nnc(N2CC(NC(=O)NC3CCOCC3)C2)s1. The van der Waals surface area contributed by atoms with Gasteiger partial charge in [-0.2, -0.15) is 0 Å². The molecule has 0 unspecified atom stereocenters. The summed E-state index contributed by atoms with van der Waals surface area (Å²) in [6, 6.07) is 0.361. The highest BCUT2D eigenvalue weighted by molar-refractivity contribution is 7.15. The number of amides is 2. The highest BCUT2D eigenvalue weighted by Gasteiger charge is 2.30. The fraction of sp³-hybridized carbons (Fsp3) is 0.750. The second-order valence-electron chi connectivity index (χ2n) is 5.21. The molecule has 0 spiro atoms. The summed E-state index contributed by atoms with van der Waals surface area (Å²) in [5.41, 5.74) is 0. The van der Waals surface area contributed by atoms with Crippen molar-refractivity contribution in [1.82, 2.24) is 20.8 Å². The van der Waals surface area contributed by atoms with Gasteiger partial charge in [-0.15, -0.1) is 10.2 Å². The molecule has 0 saturated carbocycles. The maximum absolute atomic E-state index is 11.9. The minimum atomic E-state index is -0.0741. The molecule has 1 aromatic rings. The van der Waals surface area contributed by atoms with Crippen molar-refractivity contribution in [2.45, 2.75) is 31.8 Å². The van der Waals surface area contributed by atoms with Crippen molar-refractivity contribution in [3.8, 4) is 0 Å². The fourth-order valence-electron chi connectivity index (χ4n) is 2.39. The molecule has 2 saturated heterocycles. The van der Waals surface area contributed by atoms with E-state index in [2.05, 4.69) is 25.7 Å². The third-order valence-corrected chi connectivity index (χ3v) is 4.46. The van der Waals surface area contributed by atoms with E-state index in [1.54, 1.807) is 11.3 Å². The maximum atomic E-state index is 11.9. The van der Waals surface area contributed by atoms with E-state index >= 15 is 0 Å². The number of nitrogens with one attached hydrogen (secondary N) is 2. The predicted molar refractivity (Wildman–Crippen MR) is 76.2 cm³/mol. The number of hydrogen-bond donors (Lipinski definition) is 2. The molecule has 0 aliphatic carbocycles. The van der Waals surface area contributed by atoms with Crippen LogP contribution in [0.25, 0.3) is 0 Å². The number of carbonyl (C=O) groups is 1. The monoisotopic (exact) mass is 297 g/mol. The summed E-state index contributed by atoms with van der Waals surface area (Å²) < 4.78 is 5.27. The zero-order valence-electron chi connectivity index (χ0n) is 11.5. The van der Waals surface area contributed by atoms with Crippen LogP contribution in [0, 0.1) is 6.92 Å². The summed E-state index contributed by atoms with van der Waals surface area (Å²) in [6.07, 6.45) is 1.79. The summed E-state index contributed by atoms with van der Waals surface area (Å²) in [5, 5.41) is 16.0. The van der Waals surface area contributed by atoms with Gasteiger partial charge in [0.15, 0.2) is 0 Å². The van der Waals surface area contributed by atoms with Gasteiger partial charge >= 0.3 is 6.03 Å². The standard InChI is InChI=1S/C12H19N5O2S/c1-8-15-16-12(20-8)17-6-10(7-17)14-11(18)13-9-2-4-19-5-3-9/h9-10H,2-7H2,1H3,(H2,13,14,18). The van der Waals surface area contributed by atoms with Crippen molar-refractivity contribution < 1.29 is 9.53 Å². The molecule has 3 heterocycles. The molecule has 7 nitrogen and oxygen atoms in total. The van der Waals surface area contributed by atoms with Gasteiger partial charge in [-0.3, -0.25) is 0 Å². The zero-order chi connectivity index (χ0) is 13.9. The minimum absolute atomic E-state index is 0.0741. The van der Waals surface area contributed by atoms with E-state index in [1.807, 2.05) is 6.92 Å². The van der Waals surface area contributed by atoms with Crippen molar-refractivity contribution in [3.05, 3.63) is 5.01 Å². The van der Waals surface area contributed by atoms with Crippen LogP contribution in [0.5, 0.6) is 0 Å². The Hall–Kier alpha value is -1.41. The van der Waals surface area contributed by atoms with E-state index in [-0.39, 0.29) is 18.1 Å². The van der Waals surface area contributed by atoms with Gasteiger partial charge in [0.1, 0.15) is 5.01 Å². The normalized spacial score (nSPS) is 20.6. The molecular weight excluding hydrogens is 278 g/mol. The van der Waals surface area contributed by atoms with Gasteiger partial charge < -0.3 is 20.3 Å². The van der Waals surface area contributed by atoms with Crippen molar-refractivity contribution in [2.75, 3.05) is 31.2 Å². The van der Waals surface area contributed by atoms with Crippen LogP contribution in [-0.2, 0) is 4.74 Å². The summed E-state index contributed by atoms with van der Waals surface area (Å²) in [4.78, 5) is 14.0. The molecule has 0 bridgehead atoms. The van der Waals surface area contributed by atoms with Crippen LogP contribution >= 0.6 is 11.3 Å². The van der Waals surface area contributed by atoms with Crippen molar-refractivity contribution in [1.29, 1.82) is 0 Å². The molecule has 2 amide bonds. The first-order valence-corrected chi connectivity index (χ1v) is 7.72. The van der Waals surface area contributed by atoms with Crippen LogP contribution in [0.1, 0.15) is 17.8 Å². The lowest BCUT2D eigenvalue weighted by Gasteiger charge is -2.39. The van der Waals surface area contributed by atoms with Gasteiger partial charge in [-0.1, -0.05) is 11.3 Å². The molecule has 3 rings (SSSR count). The summed E-state index contributed by atoms with van der Waals surface area (Å²) >= 11 is 1.58. The van der Waals surface area contributed by atoms with Crippen molar-refractivity contribution in [3.63, 3.8) is 0 Å². The van der Waals surface area contributed by atoms with E-state index in [0.29, 0.717) is 0 Å². The van der Waals surface area contributed by atoms with Gasteiger partial charge in [0.25, 0.3) is 0 Å². The van der Waals surface area contributed by atoms with Crippen LogP contribution in [0.15, 0.2) is 0 Å². The van der Waals surface area contributed by atoms with E-state index < -0.39 is 0 Å². The number of anilines is 1. The average Bonchev–Trinajstić information content (AvgIpc) is 2.81. The third-order valence-electron chi connectivity index (χ3n) is 3.56. The Labute approximate surface area is 121 Å². The van der Waals surface area contributed by atoms with Crippen LogP contribution in [0.4, 0.5) is 9.93 Å². The smallest absolute Gasteiger partial charge is 0.315 e. The van der Waals surface area contributed by atoms with Gasteiger partial charge in [0.05, 0.1) is 6.04 Å². The minimum Gasteiger partial charge on any atom is -0.381 e. The second-order valence-corrected chi connectivity index (χ2v) is 6.37. The Morgan fingerprint density at radius 2 is 1.95 bits per heavy atom. The quantitative estimate of drug-likeness (QED) is 0.850. The fourth-order valence-corrected chi connectivity index (χ4v) is 3.10. The van der Waals surface area contributed by atoms with E-state index in [1.165, 1.54) is 0 Å². The molecule has 0 radical (unpaired) electrons. The maximum Gasteiger partial charge on any atom is 0.315 e. The number of nitrogens with zero attached hydrogens (tertiary/aromatic N) is 3. The Morgan fingerprint density at radius 1 is 1.25 bits per heavy atom. The zero-order valence-corrected chi connectivity index (χ0v) is 12.3. The van der Waals surface area contributed by atoms with Gasteiger partial charge in [0.2, 0.25) is 5.13 Å². The lowest BCUT2D eigenvalue weighted by molar-refractivity contribution is 0.0799. The molecule has 2 fully saturated rings. The summed E-state index contributed by atoms with van der Waals surface area (Å²) in [6.45, 7) is 5.01. The summed E-state index contributed by atoms with van der Waals surface area (Å²) in [7, 11) is 0. The van der Waals surface area contributed by atoms with Crippen LogP contribution < -0.4 is 15.5 Å². The molecule has 1 aromatic heterocycles. The van der Waals surface area contributed by atoms with Gasteiger partial charge in [-0.05, 0) is 19.8 Å². The van der Waals surface area contributed by atoms with Crippen LogP contribution in [-0.4, -0.2) is 54.6 Å². The number of rotatable bonds is 3. The Balaban J connectivity index is 1.38. The Kier molecular flexibility index (Phi) is 4.02. The number of carbonyl (C=O) groups excluding carboxylic acids is 1. The largest absolute Gasteiger partial charge is 0.381 e. The van der Waals surface area contributed by atoms with Crippen molar-refractivity contribution >= 4 is 22.5 Å². The number of aryl methyl sites for hydroxylation is 1. The first-order valence-electron chi connectivity index (χ1n) is 6.90. The number of ether oxygens (including phenoxy) is 1. The summed E-state index contributed by atoms with van der Waals surface area (Å²) in [5.74, 6) is 0. The Morgan fingerprint density at radius 3 is 2.60 bits per heavy atom. The molecule has 110 valence electrons. The van der Waals surface area contributed by atoms with Gasteiger partial charge in [-0.25, -0.2) is 4.79 Å². The van der Waals surface area contributed by atoms with Crippen LogP contribution in [0.2, 0.25) is 0 Å². The first-order chi connectivity index (χ1) is 9.70. The number of urea groups is 1. The first kappa shape index (κ1) is 13.6. The molecule has 2 N–H and O–H groups in total. The predicted octanol–water partition coefficient (Wildman–Crippen LogP) is 0.513. The lowest BCUT2D eigenvalue weighted by atomic mass is 10.1. The topological polar surface area (TPSA) is 79.4 Å². The molecule has 0 aromatic carbocycles. The number of aromatic nitrogens is 2. The highest BCUT2D eigenvalue weighted by Crippen LogP contribution is 2.24. The molecule has 2 aliphatic heterocycles. The molecule has 8 heteroatoms. The van der Waals surface area contributed by atoms with E-state index in [9.17, 15) is 4.79 Å². The van der Waals surface area contributed by atoms with E-state index in [4.69, 9.17) is 4.74 Å². The lowest BCUT2D eigenvalue weighted by Crippen LogP contribution is -2.61. The average molecular weight is 297 g/mol.